The van der Waals surface area contributed by atoms with Crippen molar-refractivity contribution in [2.24, 2.45) is 0 Å². The first-order valence-corrected chi connectivity index (χ1v) is 6.27. The number of carbonyl (C=O) groups excluding carboxylic acids is 1. The zero-order chi connectivity index (χ0) is 12.3. The first-order chi connectivity index (χ1) is 7.31. The summed E-state index contributed by atoms with van der Waals surface area (Å²) in [5.41, 5.74) is -0.194. The minimum absolute atomic E-state index is 0.0339. The zero-order valence-electron chi connectivity index (χ0n) is 10.6. The second-order valence-corrected chi connectivity index (χ2v) is 5.96. The summed E-state index contributed by atoms with van der Waals surface area (Å²) in [6.07, 6.45) is 0. The van der Waals surface area contributed by atoms with Crippen molar-refractivity contribution in [3.63, 3.8) is 0 Å². The molecule has 0 fully saturated rings. The number of nitrogens with zero attached hydrogens (tertiary/aromatic N) is 1. The van der Waals surface area contributed by atoms with Crippen molar-refractivity contribution in [2.45, 2.75) is 39.3 Å². The summed E-state index contributed by atoms with van der Waals surface area (Å²) in [6, 6.07) is 4.14. The molecule has 0 aromatic carbocycles. The summed E-state index contributed by atoms with van der Waals surface area (Å²) in [5.74, 6) is 0. The van der Waals surface area contributed by atoms with Crippen LogP contribution >= 0.6 is 11.3 Å². The number of amides is 2. The molecule has 1 atom stereocenters. The number of urea groups is 1. The molecule has 0 aliphatic carbocycles. The summed E-state index contributed by atoms with van der Waals surface area (Å²) in [5, 5.41) is 4.98. The van der Waals surface area contributed by atoms with Crippen LogP contribution in [0.3, 0.4) is 0 Å². The van der Waals surface area contributed by atoms with Gasteiger partial charge in [-0.15, -0.1) is 11.3 Å². The van der Waals surface area contributed by atoms with Crippen molar-refractivity contribution in [1.29, 1.82) is 0 Å². The highest BCUT2D eigenvalue weighted by Crippen LogP contribution is 2.23. The number of rotatable bonds is 2. The van der Waals surface area contributed by atoms with Crippen LogP contribution in [0.4, 0.5) is 4.79 Å². The Labute approximate surface area is 101 Å². The Balaban J connectivity index is 2.64. The summed E-state index contributed by atoms with van der Waals surface area (Å²) in [4.78, 5) is 14.8. The molecule has 4 heteroatoms. The molecule has 0 saturated carbocycles. The third-order valence-corrected chi connectivity index (χ3v) is 3.38. The predicted octanol–water partition coefficient (Wildman–Crippen LogP) is 3.25. The monoisotopic (exact) mass is 240 g/mol. The quantitative estimate of drug-likeness (QED) is 0.845. The van der Waals surface area contributed by atoms with Gasteiger partial charge in [0.1, 0.15) is 0 Å². The molecule has 2 amide bonds. The van der Waals surface area contributed by atoms with E-state index in [0.29, 0.717) is 0 Å². The van der Waals surface area contributed by atoms with Crippen molar-refractivity contribution < 1.29 is 4.79 Å². The standard InChI is InChI=1S/C12H20N2OS/c1-9(10-7-6-8-16-10)14(5)11(15)13-12(2,3)4/h6-9H,1-5H3,(H,13,15). The van der Waals surface area contributed by atoms with Gasteiger partial charge in [0.2, 0.25) is 0 Å². The molecular weight excluding hydrogens is 220 g/mol. The highest BCUT2D eigenvalue weighted by Gasteiger charge is 2.21. The highest BCUT2D eigenvalue weighted by atomic mass is 32.1. The average Bonchev–Trinajstić information content (AvgIpc) is 2.65. The van der Waals surface area contributed by atoms with E-state index < -0.39 is 0 Å². The van der Waals surface area contributed by atoms with E-state index in [1.807, 2.05) is 46.2 Å². The lowest BCUT2D eigenvalue weighted by Gasteiger charge is -2.29. The SMILES string of the molecule is CC(c1cccs1)N(C)C(=O)NC(C)(C)C. The molecular formula is C12H20N2OS. The van der Waals surface area contributed by atoms with Gasteiger partial charge in [0.25, 0.3) is 0 Å². The Hall–Kier alpha value is -1.03. The van der Waals surface area contributed by atoms with Gasteiger partial charge in [0, 0.05) is 17.5 Å². The van der Waals surface area contributed by atoms with Crippen molar-refractivity contribution in [3.05, 3.63) is 22.4 Å². The minimum Gasteiger partial charge on any atom is -0.333 e. The third-order valence-electron chi connectivity index (χ3n) is 2.34. The maximum Gasteiger partial charge on any atom is 0.318 e. The molecule has 0 saturated heterocycles. The van der Waals surface area contributed by atoms with Crippen LogP contribution < -0.4 is 5.32 Å². The molecule has 1 rings (SSSR count). The molecule has 0 aliphatic heterocycles. The summed E-state index contributed by atoms with van der Waals surface area (Å²) < 4.78 is 0. The second-order valence-electron chi connectivity index (χ2n) is 4.98. The van der Waals surface area contributed by atoms with Gasteiger partial charge >= 0.3 is 6.03 Å². The van der Waals surface area contributed by atoms with Crippen LogP contribution in [0.5, 0.6) is 0 Å². The van der Waals surface area contributed by atoms with Crippen molar-refractivity contribution >= 4 is 17.4 Å². The summed E-state index contributed by atoms with van der Waals surface area (Å²) in [6.45, 7) is 7.98. The molecule has 16 heavy (non-hydrogen) atoms. The van der Waals surface area contributed by atoms with E-state index in [-0.39, 0.29) is 17.6 Å². The normalized spacial score (nSPS) is 13.3. The van der Waals surface area contributed by atoms with E-state index in [2.05, 4.69) is 11.4 Å². The Bertz CT molecular complexity index is 340. The Morgan fingerprint density at radius 1 is 1.50 bits per heavy atom. The molecule has 1 aromatic rings. The number of hydrogen-bond donors (Lipinski definition) is 1. The van der Waals surface area contributed by atoms with Crippen LogP contribution in [0, 0.1) is 0 Å². The van der Waals surface area contributed by atoms with E-state index in [1.54, 1.807) is 16.2 Å². The smallest absolute Gasteiger partial charge is 0.318 e. The second kappa shape index (κ2) is 4.87. The van der Waals surface area contributed by atoms with Gasteiger partial charge in [0.05, 0.1) is 6.04 Å². The number of nitrogens with one attached hydrogen (secondary N) is 1. The molecule has 1 heterocycles. The average molecular weight is 240 g/mol. The molecule has 90 valence electrons. The number of carbonyl (C=O) groups is 1. The summed E-state index contributed by atoms with van der Waals surface area (Å²) in [7, 11) is 1.82. The lowest BCUT2D eigenvalue weighted by atomic mass is 10.1. The fourth-order valence-electron chi connectivity index (χ4n) is 1.30. The molecule has 0 aliphatic rings. The van der Waals surface area contributed by atoms with Gasteiger partial charge in [0.15, 0.2) is 0 Å². The molecule has 1 unspecified atom stereocenters. The van der Waals surface area contributed by atoms with E-state index >= 15 is 0 Å². The van der Waals surface area contributed by atoms with Crippen molar-refractivity contribution in [3.8, 4) is 0 Å². The molecule has 0 spiro atoms. The van der Waals surface area contributed by atoms with Crippen LogP contribution in [0.15, 0.2) is 17.5 Å². The Morgan fingerprint density at radius 3 is 2.56 bits per heavy atom. The van der Waals surface area contributed by atoms with Gasteiger partial charge in [-0.3, -0.25) is 0 Å². The highest BCUT2D eigenvalue weighted by molar-refractivity contribution is 7.10. The fourth-order valence-corrected chi connectivity index (χ4v) is 2.13. The molecule has 3 nitrogen and oxygen atoms in total. The molecule has 1 aromatic heterocycles. The molecule has 1 N–H and O–H groups in total. The van der Waals surface area contributed by atoms with Crippen LogP contribution in [0.2, 0.25) is 0 Å². The van der Waals surface area contributed by atoms with Gasteiger partial charge in [-0.05, 0) is 39.1 Å². The van der Waals surface area contributed by atoms with E-state index in [9.17, 15) is 4.79 Å². The number of thiophene rings is 1. The Morgan fingerprint density at radius 2 is 2.12 bits per heavy atom. The van der Waals surface area contributed by atoms with Gasteiger partial charge in [-0.25, -0.2) is 4.79 Å². The summed E-state index contributed by atoms with van der Waals surface area (Å²) >= 11 is 1.67. The van der Waals surface area contributed by atoms with Gasteiger partial charge in [-0.1, -0.05) is 6.07 Å². The van der Waals surface area contributed by atoms with Gasteiger partial charge < -0.3 is 10.2 Å². The maximum absolute atomic E-state index is 11.9. The van der Waals surface area contributed by atoms with E-state index in [4.69, 9.17) is 0 Å². The van der Waals surface area contributed by atoms with Crippen LogP contribution in [-0.4, -0.2) is 23.5 Å². The largest absolute Gasteiger partial charge is 0.333 e. The third kappa shape index (κ3) is 3.52. The molecule has 0 radical (unpaired) electrons. The predicted molar refractivity (Wildman–Crippen MR) is 68.8 cm³/mol. The van der Waals surface area contributed by atoms with Gasteiger partial charge in [-0.2, -0.15) is 0 Å². The van der Waals surface area contributed by atoms with Crippen molar-refractivity contribution in [2.75, 3.05) is 7.05 Å². The lowest BCUT2D eigenvalue weighted by Crippen LogP contribution is -2.47. The topological polar surface area (TPSA) is 32.3 Å². The first kappa shape index (κ1) is 13.0. The van der Waals surface area contributed by atoms with Crippen LogP contribution in [0.25, 0.3) is 0 Å². The Kier molecular flexibility index (Phi) is 3.97. The lowest BCUT2D eigenvalue weighted by molar-refractivity contribution is 0.186. The maximum atomic E-state index is 11.9. The van der Waals surface area contributed by atoms with E-state index in [0.717, 1.165) is 0 Å². The first-order valence-electron chi connectivity index (χ1n) is 5.39. The zero-order valence-corrected chi connectivity index (χ0v) is 11.4. The van der Waals surface area contributed by atoms with Crippen molar-refractivity contribution in [1.82, 2.24) is 10.2 Å². The number of hydrogen-bond acceptors (Lipinski definition) is 2. The fraction of sp³-hybridized carbons (Fsp3) is 0.583. The van der Waals surface area contributed by atoms with E-state index in [1.165, 1.54) is 4.88 Å². The molecule has 0 bridgehead atoms. The van der Waals surface area contributed by atoms with Crippen LogP contribution in [0.1, 0.15) is 38.6 Å². The minimum atomic E-state index is -0.194. The van der Waals surface area contributed by atoms with Crippen LogP contribution in [-0.2, 0) is 0 Å².